The number of rotatable bonds is 5. The van der Waals surface area contributed by atoms with Crippen LogP contribution in [0.1, 0.15) is 6.92 Å². The summed E-state index contributed by atoms with van der Waals surface area (Å²) in [6.07, 6.45) is 0. The van der Waals surface area contributed by atoms with Gasteiger partial charge in [0.05, 0.1) is 0 Å². The maximum atomic E-state index is 11.6. The lowest BCUT2D eigenvalue weighted by Gasteiger charge is -2.19. The molecule has 0 aliphatic rings. The van der Waals surface area contributed by atoms with E-state index in [1.807, 2.05) is 0 Å². The van der Waals surface area contributed by atoms with Gasteiger partial charge in [0, 0.05) is 21.3 Å². The highest BCUT2D eigenvalue weighted by molar-refractivity contribution is 7.67. The fourth-order valence-corrected chi connectivity index (χ4v) is 3.79. The second kappa shape index (κ2) is 5.15. The summed E-state index contributed by atoms with van der Waals surface area (Å²) < 4.78 is 36.5. The molecule has 0 aromatic rings. The summed E-state index contributed by atoms with van der Waals surface area (Å²) >= 11 is 0. The van der Waals surface area contributed by atoms with E-state index in [1.54, 1.807) is 0 Å². The molecule has 0 aromatic heterocycles. The predicted octanol–water partition coefficient (Wildman–Crippen LogP) is 1.94. The Hall–Kier alpha value is 0.340. The molecule has 0 spiro atoms. The molecule has 0 rings (SSSR count). The molecular formula is C5H14O5P2. The van der Waals surface area contributed by atoms with E-state index in [2.05, 4.69) is 13.6 Å². The van der Waals surface area contributed by atoms with Crippen LogP contribution < -0.4 is 0 Å². The average molecular weight is 216 g/mol. The van der Waals surface area contributed by atoms with Gasteiger partial charge in [-0.2, -0.15) is 0 Å². The first-order chi connectivity index (χ1) is 5.51. The molecule has 0 aromatic carbocycles. The van der Waals surface area contributed by atoms with Gasteiger partial charge in [-0.1, -0.05) is 0 Å². The minimum atomic E-state index is -3.24. The normalized spacial score (nSPS) is 17.3. The third-order valence-corrected chi connectivity index (χ3v) is 6.16. The van der Waals surface area contributed by atoms with Crippen molar-refractivity contribution in [2.24, 2.45) is 0 Å². The van der Waals surface area contributed by atoms with Gasteiger partial charge in [0.25, 0.3) is 0 Å². The summed E-state index contributed by atoms with van der Waals surface area (Å²) in [5.41, 5.74) is 0. The van der Waals surface area contributed by atoms with E-state index in [0.29, 0.717) is 0 Å². The zero-order valence-electron chi connectivity index (χ0n) is 7.57. The van der Waals surface area contributed by atoms with Gasteiger partial charge < -0.3 is 13.6 Å². The molecule has 7 heteroatoms. The fourth-order valence-electron chi connectivity index (χ4n) is 0.690. The van der Waals surface area contributed by atoms with Gasteiger partial charge in [-0.05, 0) is 6.92 Å². The first-order valence-electron chi connectivity index (χ1n) is 3.30. The van der Waals surface area contributed by atoms with E-state index < -0.39 is 21.0 Å². The first kappa shape index (κ1) is 12.3. The van der Waals surface area contributed by atoms with Crippen molar-refractivity contribution in [2.75, 3.05) is 21.3 Å². The Morgan fingerprint density at radius 3 is 1.92 bits per heavy atom. The van der Waals surface area contributed by atoms with Crippen molar-refractivity contribution >= 4 is 15.6 Å². The molecule has 2 unspecified atom stereocenters. The Morgan fingerprint density at radius 1 is 1.25 bits per heavy atom. The Bertz CT molecular complexity index is 196. The van der Waals surface area contributed by atoms with Crippen molar-refractivity contribution in [3.8, 4) is 0 Å². The molecule has 0 fully saturated rings. The van der Waals surface area contributed by atoms with Crippen LogP contribution in [-0.4, -0.2) is 26.7 Å². The predicted molar refractivity (Wildman–Crippen MR) is 47.1 cm³/mol. The number of hydrogen-bond acceptors (Lipinski definition) is 5. The van der Waals surface area contributed by atoms with Gasteiger partial charge in [0.2, 0.25) is 8.03 Å². The number of hydrogen-bond donors (Lipinski definition) is 0. The Balaban J connectivity index is 4.53. The van der Waals surface area contributed by atoms with Crippen LogP contribution in [-0.2, 0) is 22.7 Å². The van der Waals surface area contributed by atoms with E-state index in [4.69, 9.17) is 0 Å². The third kappa shape index (κ3) is 2.68. The zero-order valence-corrected chi connectivity index (χ0v) is 9.46. The molecule has 12 heavy (non-hydrogen) atoms. The second-order valence-corrected chi connectivity index (χ2v) is 7.09. The molecule has 0 radical (unpaired) electrons. The molecule has 0 amide bonds. The molecule has 0 bridgehead atoms. The second-order valence-electron chi connectivity index (χ2n) is 2.10. The van der Waals surface area contributed by atoms with Crippen molar-refractivity contribution in [1.82, 2.24) is 0 Å². The van der Waals surface area contributed by atoms with Crippen LogP contribution in [0.15, 0.2) is 0 Å². The van der Waals surface area contributed by atoms with Gasteiger partial charge in [-0.3, -0.25) is 9.13 Å². The Labute approximate surface area is 72.8 Å². The fraction of sp³-hybridized carbons (Fsp3) is 1.00. The topological polar surface area (TPSA) is 61.8 Å². The van der Waals surface area contributed by atoms with E-state index in [9.17, 15) is 9.13 Å². The van der Waals surface area contributed by atoms with Crippen molar-refractivity contribution in [1.29, 1.82) is 0 Å². The SMILES string of the molecule is CO[PH](=O)C(C)P(=O)(OC)OC. The van der Waals surface area contributed by atoms with E-state index in [-0.39, 0.29) is 0 Å². The molecule has 0 aliphatic carbocycles. The summed E-state index contributed by atoms with van der Waals surface area (Å²) in [6, 6.07) is 0. The summed E-state index contributed by atoms with van der Waals surface area (Å²) in [6.45, 7) is 1.51. The van der Waals surface area contributed by atoms with Crippen LogP contribution in [0.5, 0.6) is 0 Å². The van der Waals surface area contributed by atoms with E-state index in [0.717, 1.165) is 0 Å². The van der Waals surface area contributed by atoms with Crippen LogP contribution in [0.4, 0.5) is 0 Å². The summed E-state index contributed by atoms with van der Waals surface area (Å²) in [5.74, 6) is 0. The highest BCUT2D eigenvalue weighted by atomic mass is 31.2. The van der Waals surface area contributed by atoms with Crippen molar-refractivity contribution < 1.29 is 22.7 Å². The summed E-state index contributed by atoms with van der Waals surface area (Å²) in [7, 11) is -1.78. The molecule has 74 valence electrons. The van der Waals surface area contributed by atoms with Gasteiger partial charge in [0.15, 0.2) is 0 Å². The lowest BCUT2D eigenvalue weighted by atomic mass is 11.0. The standard InChI is InChI=1S/C5H14O5P2/c1-5(11(6)8-2)12(7,9-3)10-4/h5,11H,1-4H3. The Kier molecular flexibility index (Phi) is 5.30. The van der Waals surface area contributed by atoms with Crippen LogP contribution >= 0.6 is 15.6 Å². The summed E-state index contributed by atoms with van der Waals surface area (Å²) in [4.78, 5) is 0. The van der Waals surface area contributed by atoms with Crippen molar-refractivity contribution in [3.63, 3.8) is 0 Å². The minimum absolute atomic E-state index is 0.706. The maximum Gasteiger partial charge on any atom is 0.342 e. The molecule has 0 heterocycles. The minimum Gasteiger partial charge on any atom is -0.333 e. The average Bonchev–Trinajstić information content (AvgIpc) is 2.14. The summed E-state index contributed by atoms with van der Waals surface area (Å²) in [5, 5.41) is -0.706. The van der Waals surface area contributed by atoms with E-state index >= 15 is 0 Å². The van der Waals surface area contributed by atoms with Gasteiger partial charge in [-0.15, -0.1) is 0 Å². The van der Waals surface area contributed by atoms with Crippen LogP contribution in [0.2, 0.25) is 0 Å². The molecule has 0 aliphatic heterocycles. The molecule has 0 saturated carbocycles. The Morgan fingerprint density at radius 2 is 1.67 bits per heavy atom. The van der Waals surface area contributed by atoms with Crippen LogP contribution in [0, 0.1) is 0 Å². The van der Waals surface area contributed by atoms with Gasteiger partial charge >= 0.3 is 7.60 Å². The maximum absolute atomic E-state index is 11.6. The molecule has 0 saturated heterocycles. The molecular weight excluding hydrogens is 202 g/mol. The zero-order chi connectivity index (χ0) is 9.78. The highest BCUT2D eigenvalue weighted by Gasteiger charge is 2.34. The lowest BCUT2D eigenvalue weighted by Crippen LogP contribution is -2.02. The smallest absolute Gasteiger partial charge is 0.333 e. The van der Waals surface area contributed by atoms with Gasteiger partial charge in [0.1, 0.15) is 5.40 Å². The van der Waals surface area contributed by atoms with Crippen LogP contribution in [0.3, 0.4) is 0 Å². The third-order valence-electron chi connectivity index (χ3n) is 1.53. The lowest BCUT2D eigenvalue weighted by molar-refractivity contribution is 0.272. The van der Waals surface area contributed by atoms with Gasteiger partial charge in [-0.25, -0.2) is 0 Å². The van der Waals surface area contributed by atoms with E-state index in [1.165, 1.54) is 28.3 Å². The molecule has 5 nitrogen and oxygen atoms in total. The molecule has 0 N–H and O–H groups in total. The van der Waals surface area contributed by atoms with Crippen LogP contribution in [0.25, 0.3) is 0 Å². The molecule has 2 atom stereocenters. The van der Waals surface area contributed by atoms with Crippen molar-refractivity contribution in [3.05, 3.63) is 0 Å². The largest absolute Gasteiger partial charge is 0.342 e. The monoisotopic (exact) mass is 216 g/mol. The quantitative estimate of drug-likeness (QED) is 0.657. The first-order valence-corrected chi connectivity index (χ1v) is 6.31. The van der Waals surface area contributed by atoms with Crippen molar-refractivity contribution in [2.45, 2.75) is 12.3 Å². The highest BCUT2D eigenvalue weighted by Crippen LogP contribution is 2.59.